The van der Waals surface area contributed by atoms with Crippen LogP contribution in [0.2, 0.25) is 5.02 Å². The van der Waals surface area contributed by atoms with Crippen molar-refractivity contribution >= 4 is 38.7 Å². The van der Waals surface area contributed by atoms with Crippen molar-refractivity contribution in [1.82, 2.24) is 4.31 Å². The number of hydrogen-bond acceptors (Lipinski definition) is 5. The molecular weight excluding hydrogens is 409 g/mol. The number of hydrogen-bond donors (Lipinski definition) is 1. The van der Waals surface area contributed by atoms with E-state index >= 15 is 0 Å². The van der Waals surface area contributed by atoms with Crippen molar-refractivity contribution in [1.29, 1.82) is 0 Å². The van der Waals surface area contributed by atoms with Crippen LogP contribution in [0, 0.1) is 15.9 Å². The zero-order valence-corrected chi connectivity index (χ0v) is 16.5. The van der Waals surface area contributed by atoms with Gasteiger partial charge in [0.25, 0.3) is 5.69 Å². The summed E-state index contributed by atoms with van der Waals surface area (Å²) < 4.78 is 40.5. The van der Waals surface area contributed by atoms with Crippen LogP contribution in [-0.2, 0) is 10.0 Å². The Kier molecular flexibility index (Phi) is 6.17. The summed E-state index contributed by atoms with van der Waals surface area (Å²) in [6.07, 6.45) is 3.48. The number of nitro benzene ring substituents is 1. The normalized spacial score (nSPS) is 15.8. The summed E-state index contributed by atoms with van der Waals surface area (Å²) in [5.74, 6) is -0.611. The fourth-order valence-electron chi connectivity index (χ4n) is 3.09. The first-order chi connectivity index (χ1) is 13.3. The van der Waals surface area contributed by atoms with Gasteiger partial charge in [-0.15, -0.1) is 0 Å². The third-order valence-corrected chi connectivity index (χ3v) is 6.75. The van der Waals surface area contributed by atoms with Crippen molar-refractivity contribution in [2.75, 3.05) is 18.4 Å². The summed E-state index contributed by atoms with van der Waals surface area (Å²) >= 11 is 5.73. The van der Waals surface area contributed by atoms with Crippen molar-refractivity contribution in [2.45, 2.75) is 30.6 Å². The van der Waals surface area contributed by atoms with Gasteiger partial charge < -0.3 is 5.32 Å². The summed E-state index contributed by atoms with van der Waals surface area (Å²) in [5.41, 5.74) is 0.0384. The minimum Gasteiger partial charge on any atom is -0.350 e. The summed E-state index contributed by atoms with van der Waals surface area (Å²) in [5, 5.41) is 14.2. The molecule has 0 bridgehead atoms. The number of anilines is 2. The lowest BCUT2D eigenvalue weighted by Crippen LogP contribution is -2.32. The van der Waals surface area contributed by atoms with Gasteiger partial charge in [0.1, 0.15) is 11.5 Å². The lowest BCUT2D eigenvalue weighted by molar-refractivity contribution is -0.384. The molecule has 2 aromatic carbocycles. The van der Waals surface area contributed by atoms with Crippen molar-refractivity contribution in [3.05, 3.63) is 57.4 Å². The molecule has 0 spiro atoms. The topological polar surface area (TPSA) is 92.5 Å². The van der Waals surface area contributed by atoms with Crippen LogP contribution in [0.5, 0.6) is 0 Å². The number of nitrogens with zero attached hydrogens (tertiary/aromatic N) is 2. The second-order valence-corrected chi connectivity index (χ2v) is 8.85. The van der Waals surface area contributed by atoms with Crippen LogP contribution < -0.4 is 5.32 Å². The zero-order chi connectivity index (χ0) is 20.3. The van der Waals surface area contributed by atoms with Gasteiger partial charge in [0.15, 0.2) is 0 Å². The molecule has 7 nitrogen and oxygen atoms in total. The molecule has 150 valence electrons. The van der Waals surface area contributed by atoms with Gasteiger partial charge in [0.05, 0.1) is 14.8 Å². The number of halogens is 2. The number of nitrogens with one attached hydrogen (secondary N) is 1. The third kappa shape index (κ3) is 4.43. The van der Waals surface area contributed by atoms with Crippen LogP contribution in [0.25, 0.3) is 0 Å². The van der Waals surface area contributed by atoms with E-state index in [9.17, 15) is 22.9 Å². The van der Waals surface area contributed by atoms with Gasteiger partial charge in [-0.05, 0) is 43.2 Å². The highest BCUT2D eigenvalue weighted by molar-refractivity contribution is 7.89. The van der Waals surface area contributed by atoms with Gasteiger partial charge in [0, 0.05) is 24.8 Å². The molecule has 10 heteroatoms. The molecule has 1 aliphatic rings. The molecule has 0 aromatic heterocycles. The predicted octanol–water partition coefficient (Wildman–Crippen LogP) is 4.70. The quantitative estimate of drug-likeness (QED) is 0.551. The molecule has 28 heavy (non-hydrogen) atoms. The van der Waals surface area contributed by atoms with E-state index in [0.29, 0.717) is 18.8 Å². The molecular formula is C18H19ClFN3O4S. The van der Waals surface area contributed by atoms with Crippen molar-refractivity contribution in [2.24, 2.45) is 0 Å². The van der Waals surface area contributed by atoms with E-state index < -0.39 is 26.5 Å². The molecule has 1 saturated heterocycles. The molecule has 0 aliphatic carbocycles. The van der Waals surface area contributed by atoms with E-state index in [1.807, 2.05) is 0 Å². The molecule has 2 aromatic rings. The first-order valence-electron chi connectivity index (χ1n) is 8.80. The fourth-order valence-corrected chi connectivity index (χ4v) is 4.81. The fraction of sp³-hybridized carbons (Fsp3) is 0.333. The molecule has 1 N–H and O–H groups in total. The third-order valence-electron chi connectivity index (χ3n) is 4.57. The Bertz CT molecular complexity index is 992. The molecule has 0 amide bonds. The Morgan fingerprint density at radius 1 is 1.07 bits per heavy atom. The van der Waals surface area contributed by atoms with Crippen LogP contribution in [-0.4, -0.2) is 30.7 Å². The standard InChI is InChI=1S/C18H19ClFN3O4S/c19-15-11-13(5-7-16(15)20)21-17-8-6-14(12-18(17)23(24)25)28(26,27)22-9-3-1-2-4-10-22/h5-8,11-12,21H,1-4,9-10H2. The van der Waals surface area contributed by atoms with E-state index in [1.54, 1.807) is 0 Å². The van der Waals surface area contributed by atoms with Gasteiger partial charge in [-0.25, -0.2) is 12.8 Å². The molecule has 0 atom stereocenters. The molecule has 0 radical (unpaired) electrons. The molecule has 1 heterocycles. The summed E-state index contributed by atoms with van der Waals surface area (Å²) in [4.78, 5) is 10.7. The average molecular weight is 428 g/mol. The van der Waals surface area contributed by atoms with Crippen LogP contribution in [0.1, 0.15) is 25.7 Å². The maximum absolute atomic E-state index is 13.3. The first kappa shape index (κ1) is 20.5. The second kappa shape index (κ2) is 8.42. The number of benzene rings is 2. The summed E-state index contributed by atoms with van der Waals surface area (Å²) in [6, 6.07) is 7.53. The maximum Gasteiger partial charge on any atom is 0.294 e. The van der Waals surface area contributed by atoms with E-state index in [4.69, 9.17) is 11.6 Å². The second-order valence-electron chi connectivity index (χ2n) is 6.51. The highest BCUT2D eigenvalue weighted by atomic mass is 35.5. The Hall–Kier alpha value is -2.23. The Labute approximate surface area is 167 Å². The van der Waals surface area contributed by atoms with Crippen LogP contribution in [0.4, 0.5) is 21.5 Å². The minimum atomic E-state index is -3.81. The number of sulfonamides is 1. The molecule has 1 aliphatic heterocycles. The van der Waals surface area contributed by atoms with Crippen LogP contribution >= 0.6 is 11.6 Å². The van der Waals surface area contributed by atoms with Gasteiger partial charge in [-0.3, -0.25) is 10.1 Å². The number of nitro groups is 1. The predicted molar refractivity (Wildman–Crippen MR) is 105 cm³/mol. The van der Waals surface area contributed by atoms with E-state index in [0.717, 1.165) is 37.8 Å². The summed E-state index contributed by atoms with van der Waals surface area (Å²) in [7, 11) is -3.81. The van der Waals surface area contributed by atoms with E-state index in [2.05, 4.69) is 5.32 Å². The largest absolute Gasteiger partial charge is 0.350 e. The first-order valence-corrected chi connectivity index (χ1v) is 10.6. The van der Waals surface area contributed by atoms with Gasteiger partial charge >= 0.3 is 0 Å². The lowest BCUT2D eigenvalue weighted by Gasteiger charge is -2.20. The molecule has 1 fully saturated rings. The minimum absolute atomic E-state index is 0.0856. The van der Waals surface area contributed by atoms with Crippen molar-refractivity contribution in [3.8, 4) is 0 Å². The SMILES string of the molecule is O=[N+]([O-])c1cc(S(=O)(=O)N2CCCCCC2)ccc1Nc1ccc(F)c(Cl)c1. The zero-order valence-electron chi connectivity index (χ0n) is 14.9. The Balaban J connectivity index is 1.94. The van der Waals surface area contributed by atoms with Gasteiger partial charge in [-0.2, -0.15) is 4.31 Å². The highest BCUT2D eigenvalue weighted by Gasteiger charge is 2.28. The lowest BCUT2D eigenvalue weighted by atomic mass is 10.2. The van der Waals surface area contributed by atoms with Gasteiger partial charge in [0.2, 0.25) is 10.0 Å². The molecule has 0 unspecified atom stereocenters. The Morgan fingerprint density at radius 2 is 1.75 bits per heavy atom. The van der Waals surface area contributed by atoms with Gasteiger partial charge in [-0.1, -0.05) is 24.4 Å². The number of rotatable bonds is 5. The van der Waals surface area contributed by atoms with Crippen molar-refractivity contribution in [3.63, 3.8) is 0 Å². The van der Waals surface area contributed by atoms with E-state index in [1.165, 1.54) is 28.6 Å². The van der Waals surface area contributed by atoms with E-state index in [-0.39, 0.29) is 15.6 Å². The molecule has 3 rings (SSSR count). The monoisotopic (exact) mass is 427 g/mol. The Morgan fingerprint density at radius 3 is 2.36 bits per heavy atom. The highest BCUT2D eigenvalue weighted by Crippen LogP contribution is 2.32. The molecule has 0 saturated carbocycles. The van der Waals surface area contributed by atoms with Crippen molar-refractivity contribution < 1.29 is 17.7 Å². The van der Waals surface area contributed by atoms with Crippen LogP contribution in [0.15, 0.2) is 41.3 Å². The average Bonchev–Trinajstić information content (AvgIpc) is 2.95. The smallest absolute Gasteiger partial charge is 0.294 e. The maximum atomic E-state index is 13.3. The summed E-state index contributed by atoms with van der Waals surface area (Å²) in [6.45, 7) is 0.814. The van der Waals surface area contributed by atoms with Crippen LogP contribution in [0.3, 0.4) is 0 Å².